The maximum Gasteiger partial charge on any atom is 0.245 e. The van der Waals surface area contributed by atoms with E-state index in [4.69, 9.17) is 11.5 Å². The van der Waals surface area contributed by atoms with Crippen molar-refractivity contribution in [1.29, 1.82) is 0 Å². The number of hydrogen-bond acceptors (Lipinski definition) is 6. The van der Waals surface area contributed by atoms with Gasteiger partial charge in [0, 0.05) is 0 Å². The van der Waals surface area contributed by atoms with E-state index in [0.717, 1.165) is 0 Å². The van der Waals surface area contributed by atoms with Crippen LogP contribution in [0, 0.1) is 4.91 Å². The minimum absolute atomic E-state index is 0.449. The SMILES string of the molecule is NC(=O)CNC(=O)C(CC(N)=O)NC(=O)CN=O. The molecule has 0 aromatic heterocycles. The van der Waals surface area contributed by atoms with Crippen LogP contribution in [0.2, 0.25) is 0 Å². The van der Waals surface area contributed by atoms with Gasteiger partial charge >= 0.3 is 0 Å². The molecule has 0 aliphatic rings. The smallest absolute Gasteiger partial charge is 0.245 e. The molecule has 18 heavy (non-hydrogen) atoms. The first-order valence-electron chi connectivity index (χ1n) is 4.79. The average Bonchev–Trinajstić information content (AvgIpc) is 2.24. The molecule has 0 bridgehead atoms. The second-order valence-corrected chi connectivity index (χ2v) is 3.26. The molecule has 10 heteroatoms. The lowest BCUT2D eigenvalue weighted by molar-refractivity contribution is -0.131. The van der Waals surface area contributed by atoms with E-state index in [1.807, 2.05) is 0 Å². The Morgan fingerprint density at radius 1 is 1.11 bits per heavy atom. The van der Waals surface area contributed by atoms with Crippen molar-refractivity contribution in [3.8, 4) is 0 Å². The Morgan fingerprint density at radius 3 is 2.17 bits per heavy atom. The van der Waals surface area contributed by atoms with Gasteiger partial charge in [0.25, 0.3) is 0 Å². The minimum atomic E-state index is -1.28. The van der Waals surface area contributed by atoms with Crippen LogP contribution in [0.5, 0.6) is 0 Å². The average molecular weight is 259 g/mol. The van der Waals surface area contributed by atoms with Crippen LogP contribution in [0.15, 0.2) is 5.18 Å². The van der Waals surface area contributed by atoms with Crippen molar-refractivity contribution in [3.05, 3.63) is 4.91 Å². The van der Waals surface area contributed by atoms with Crippen molar-refractivity contribution < 1.29 is 19.2 Å². The van der Waals surface area contributed by atoms with Gasteiger partial charge < -0.3 is 22.1 Å². The minimum Gasteiger partial charge on any atom is -0.370 e. The Kier molecular flexibility index (Phi) is 6.63. The van der Waals surface area contributed by atoms with E-state index in [-0.39, 0.29) is 0 Å². The van der Waals surface area contributed by atoms with E-state index < -0.39 is 49.2 Å². The molecule has 1 atom stereocenters. The van der Waals surface area contributed by atoms with E-state index in [0.29, 0.717) is 0 Å². The number of rotatable bonds is 8. The van der Waals surface area contributed by atoms with Crippen molar-refractivity contribution in [2.75, 3.05) is 13.1 Å². The molecule has 0 fully saturated rings. The fourth-order valence-electron chi connectivity index (χ4n) is 1.01. The molecule has 6 N–H and O–H groups in total. The predicted molar refractivity (Wildman–Crippen MR) is 58.6 cm³/mol. The Morgan fingerprint density at radius 2 is 1.72 bits per heavy atom. The molecule has 0 saturated carbocycles. The first-order chi connectivity index (χ1) is 8.36. The summed E-state index contributed by atoms with van der Waals surface area (Å²) in [5, 5.41) is 6.48. The quantitative estimate of drug-likeness (QED) is 0.334. The largest absolute Gasteiger partial charge is 0.370 e. The van der Waals surface area contributed by atoms with Gasteiger partial charge in [0.05, 0.1) is 13.0 Å². The Balaban J connectivity index is 4.50. The third-order valence-corrected chi connectivity index (χ3v) is 1.70. The molecule has 0 aliphatic carbocycles. The normalized spacial score (nSPS) is 11.1. The molecular formula is C8H13N5O5. The van der Waals surface area contributed by atoms with Crippen molar-refractivity contribution in [2.45, 2.75) is 12.5 Å². The number of nitroso groups, excluding NO2 is 1. The number of nitrogens with two attached hydrogens (primary N) is 2. The van der Waals surface area contributed by atoms with Crippen molar-refractivity contribution in [2.24, 2.45) is 16.6 Å². The van der Waals surface area contributed by atoms with Gasteiger partial charge in [-0.1, -0.05) is 5.18 Å². The maximum absolute atomic E-state index is 11.5. The van der Waals surface area contributed by atoms with E-state index in [9.17, 15) is 24.1 Å². The first kappa shape index (κ1) is 15.5. The molecule has 0 saturated heterocycles. The van der Waals surface area contributed by atoms with E-state index >= 15 is 0 Å². The van der Waals surface area contributed by atoms with Gasteiger partial charge in [-0.3, -0.25) is 19.2 Å². The lowest BCUT2D eigenvalue weighted by Gasteiger charge is -2.15. The molecule has 0 aromatic carbocycles. The summed E-state index contributed by atoms with van der Waals surface area (Å²) in [6.07, 6.45) is -0.477. The fourth-order valence-corrected chi connectivity index (χ4v) is 1.01. The van der Waals surface area contributed by atoms with Gasteiger partial charge in [-0.15, -0.1) is 0 Å². The molecule has 10 nitrogen and oxygen atoms in total. The van der Waals surface area contributed by atoms with Crippen molar-refractivity contribution in [1.82, 2.24) is 10.6 Å². The number of carbonyl (C=O) groups is 4. The number of carbonyl (C=O) groups excluding carboxylic acids is 4. The molecule has 0 radical (unpaired) electrons. The lowest BCUT2D eigenvalue weighted by Crippen LogP contribution is -2.50. The van der Waals surface area contributed by atoms with E-state index in [1.165, 1.54) is 0 Å². The maximum atomic E-state index is 11.5. The van der Waals surface area contributed by atoms with Gasteiger partial charge in [0.15, 0.2) is 6.54 Å². The van der Waals surface area contributed by atoms with Crippen LogP contribution >= 0.6 is 0 Å². The highest BCUT2D eigenvalue weighted by Gasteiger charge is 2.22. The highest BCUT2D eigenvalue weighted by molar-refractivity contribution is 5.93. The molecular weight excluding hydrogens is 246 g/mol. The third kappa shape index (κ3) is 6.87. The highest BCUT2D eigenvalue weighted by Crippen LogP contribution is 1.92. The Hall–Kier alpha value is -2.52. The molecule has 0 aromatic rings. The molecule has 0 aliphatic heterocycles. The predicted octanol–water partition coefficient (Wildman–Crippen LogP) is -3.29. The standard InChI is InChI=1S/C8H13N5O5/c9-5(14)1-4(13-7(16)3-12-18)8(17)11-2-6(10)15/h4H,1-3H2,(H2,9,14)(H2,10,15)(H,11,17)(H,13,16). The molecule has 100 valence electrons. The number of hydrogen-bond donors (Lipinski definition) is 4. The second kappa shape index (κ2) is 7.70. The van der Waals surface area contributed by atoms with Gasteiger partial charge in [0.1, 0.15) is 6.04 Å². The number of nitrogens with zero attached hydrogens (tertiary/aromatic N) is 1. The van der Waals surface area contributed by atoms with Gasteiger partial charge in [-0.25, -0.2) is 0 Å². The third-order valence-electron chi connectivity index (χ3n) is 1.70. The van der Waals surface area contributed by atoms with Crippen LogP contribution in [0.4, 0.5) is 0 Å². The second-order valence-electron chi connectivity index (χ2n) is 3.26. The van der Waals surface area contributed by atoms with Crippen molar-refractivity contribution >= 4 is 23.6 Å². The summed E-state index contributed by atoms with van der Waals surface area (Å²) in [5.74, 6) is -3.28. The summed E-state index contributed by atoms with van der Waals surface area (Å²) in [6, 6.07) is -1.28. The van der Waals surface area contributed by atoms with E-state index in [1.54, 1.807) is 0 Å². The summed E-state index contributed by atoms with van der Waals surface area (Å²) in [7, 11) is 0. The van der Waals surface area contributed by atoms with E-state index in [2.05, 4.69) is 15.8 Å². The van der Waals surface area contributed by atoms with Gasteiger partial charge in [-0.2, -0.15) is 4.91 Å². The Bertz CT molecular complexity index is 369. The monoisotopic (exact) mass is 259 g/mol. The molecule has 4 amide bonds. The van der Waals surface area contributed by atoms with Gasteiger partial charge in [-0.05, 0) is 0 Å². The highest BCUT2D eigenvalue weighted by atomic mass is 16.3. The number of amides is 4. The molecule has 0 heterocycles. The van der Waals surface area contributed by atoms with Gasteiger partial charge in [0.2, 0.25) is 23.6 Å². The summed E-state index contributed by atoms with van der Waals surface area (Å²) in [5.41, 5.74) is 9.69. The molecule has 0 rings (SSSR count). The van der Waals surface area contributed by atoms with Crippen LogP contribution in [-0.4, -0.2) is 42.8 Å². The number of primary amides is 2. The van der Waals surface area contributed by atoms with Crippen LogP contribution in [0.1, 0.15) is 6.42 Å². The Labute approximate surface area is 101 Å². The van der Waals surface area contributed by atoms with Crippen LogP contribution in [-0.2, 0) is 19.2 Å². The zero-order chi connectivity index (χ0) is 14.1. The first-order valence-corrected chi connectivity index (χ1v) is 4.79. The molecule has 0 spiro atoms. The van der Waals surface area contributed by atoms with Crippen LogP contribution in [0.3, 0.4) is 0 Å². The zero-order valence-electron chi connectivity index (χ0n) is 9.34. The molecule has 1 unspecified atom stereocenters. The van der Waals surface area contributed by atoms with Crippen LogP contribution < -0.4 is 22.1 Å². The summed E-state index contributed by atoms with van der Waals surface area (Å²) in [4.78, 5) is 53.5. The fraction of sp³-hybridized carbons (Fsp3) is 0.500. The summed E-state index contributed by atoms with van der Waals surface area (Å²) >= 11 is 0. The summed E-state index contributed by atoms with van der Waals surface area (Å²) in [6.45, 7) is -1.14. The van der Waals surface area contributed by atoms with Crippen molar-refractivity contribution in [3.63, 3.8) is 0 Å². The topological polar surface area (TPSA) is 174 Å². The lowest BCUT2D eigenvalue weighted by atomic mass is 10.2. The van der Waals surface area contributed by atoms with Crippen LogP contribution in [0.25, 0.3) is 0 Å². The zero-order valence-corrected chi connectivity index (χ0v) is 9.34. The number of nitrogens with one attached hydrogen (secondary N) is 2. The summed E-state index contributed by atoms with van der Waals surface area (Å²) < 4.78 is 0.